The second-order valence-electron chi connectivity index (χ2n) is 3.39. The molecular formula is C11H10ClF3O2. The summed E-state index contributed by atoms with van der Waals surface area (Å²) in [6.07, 6.45) is -4.23. The summed E-state index contributed by atoms with van der Waals surface area (Å²) < 4.78 is 41.2. The molecule has 2 nitrogen and oxygen atoms in total. The van der Waals surface area contributed by atoms with Gasteiger partial charge >= 0.3 is 12.1 Å². The third kappa shape index (κ3) is 3.93. The quantitative estimate of drug-likeness (QED) is 0.621. The number of hydrogen-bond donors (Lipinski definition) is 0. The molecule has 0 radical (unpaired) electrons. The zero-order chi connectivity index (χ0) is 13.1. The first-order valence-corrected chi connectivity index (χ1v) is 5.16. The number of alkyl halides is 4. The van der Waals surface area contributed by atoms with Gasteiger partial charge in [0.2, 0.25) is 0 Å². The summed E-state index contributed by atoms with van der Waals surface area (Å²) in [6, 6.07) is 4.49. The Kier molecular flexibility index (Phi) is 4.40. The second kappa shape index (κ2) is 5.40. The molecule has 0 saturated carbocycles. The first-order valence-electron chi connectivity index (χ1n) is 4.72. The zero-order valence-corrected chi connectivity index (χ0v) is 9.68. The van der Waals surface area contributed by atoms with Crippen LogP contribution in [-0.2, 0) is 22.1 Å². The topological polar surface area (TPSA) is 26.3 Å². The number of hydrogen-bond acceptors (Lipinski definition) is 2. The van der Waals surface area contributed by atoms with Gasteiger partial charge in [-0.25, -0.2) is 0 Å². The lowest BCUT2D eigenvalue weighted by molar-refractivity contribution is -0.140. The van der Waals surface area contributed by atoms with Gasteiger partial charge in [0.25, 0.3) is 0 Å². The minimum Gasteiger partial charge on any atom is -0.468 e. The molecule has 0 heterocycles. The van der Waals surface area contributed by atoms with Crippen LogP contribution in [-0.4, -0.2) is 18.5 Å². The molecule has 94 valence electrons. The maximum Gasteiger partial charge on any atom is 0.416 e. The first-order chi connectivity index (χ1) is 7.84. The van der Waals surface area contributed by atoms with Crippen molar-refractivity contribution in [1.29, 1.82) is 0 Å². The number of esters is 1. The van der Waals surface area contributed by atoms with Crippen LogP contribution in [0.5, 0.6) is 0 Å². The van der Waals surface area contributed by atoms with Crippen molar-refractivity contribution in [2.24, 2.45) is 0 Å². The van der Waals surface area contributed by atoms with E-state index in [2.05, 4.69) is 4.74 Å². The summed E-state index contributed by atoms with van der Waals surface area (Å²) in [5.74, 6) is -0.605. The first kappa shape index (κ1) is 13.8. The lowest BCUT2D eigenvalue weighted by Crippen LogP contribution is -2.18. The van der Waals surface area contributed by atoms with Crippen molar-refractivity contribution >= 4 is 17.6 Å². The Bertz CT molecular complexity index is 387. The van der Waals surface area contributed by atoms with Crippen molar-refractivity contribution in [3.05, 3.63) is 35.4 Å². The molecule has 0 aliphatic rings. The largest absolute Gasteiger partial charge is 0.468 e. The maximum absolute atomic E-state index is 12.3. The summed E-state index contributed by atoms with van der Waals surface area (Å²) >= 11 is 5.70. The van der Waals surface area contributed by atoms with Gasteiger partial charge in [0.1, 0.15) is 5.38 Å². The number of carbonyl (C=O) groups is 1. The molecule has 1 unspecified atom stereocenters. The van der Waals surface area contributed by atoms with Crippen LogP contribution >= 0.6 is 11.6 Å². The van der Waals surface area contributed by atoms with E-state index in [1.807, 2.05) is 0 Å². The van der Waals surface area contributed by atoms with Gasteiger partial charge in [-0.05, 0) is 24.1 Å². The number of carbonyl (C=O) groups excluding carboxylic acids is 1. The standard InChI is InChI=1S/C11H10ClF3O2/c1-17-10(16)9(12)6-7-2-4-8(5-3-7)11(13,14)15/h2-5,9H,6H2,1H3. The van der Waals surface area contributed by atoms with E-state index in [0.717, 1.165) is 12.1 Å². The molecule has 0 saturated heterocycles. The molecule has 0 spiro atoms. The lowest BCUT2D eigenvalue weighted by atomic mass is 10.1. The molecule has 1 atom stereocenters. The molecule has 0 amide bonds. The van der Waals surface area contributed by atoms with E-state index in [0.29, 0.717) is 5.56 Å². The van der Waals surface area contributed by atoms with Crippen molar-refractivity contribution in [1.82, 2.24) is 0 Å². The van der Waals surface area contributed by atoms with E-state index < -0.39 is 23.1 Å². The van der Waals surface area contributed by atoms with Gasteiger partial charge in [-0.2, -0.15) is 13.2 Å². The average molecular weight is 267 g/mol. The van der Waals surface area contributed by atoms with Crippen LogP contribution in [0.4, 0.5) is 13.2 Å². The van der Waals surface area contributed by atoms with Crippen LogP contribution in [0.25, 0.3) is 0 Å². The molecule has 1 rings (SSSR count). The smallest absolute Gasteiger partial charge is 0.416 e. The normalized spacial score (nSPS) is 13.2. The van der Waals surface area contributed by atoms with Gasteiger partial charge in [-0.15, -0.1) is 11.6 Å². The number of benzene rings is 1. The fraction of sp³-hybridized carbons (Fsp3) is 0.364. The van der Waals surface area contributed by atoms with Crippen molar-refractivity contribution in [2.45, 2.75) is 18.0 Å². The van der Waals surface area contributed by atoms with E-state index in [1.165, 1.54) is 19.2 Å². The SMILES string of the molecule is COC(=O)C(Cl)Cc1ccc(C(F)(F)F)cc1. The van der Waals surface area contributed by atoms with Crippen molar-refractivity contribution in [3.8, 4) is 0 Å². The van der Waals surface area contributed by atoms with Crippen LogP contribution in [0, 0.1) is 0 Å². The van der Waals surface area contributed by atoms with E-state index in [9.17, 15) is 18.0 Å². The van der Waals surface area contributed by atoms with E-state index in [-0.39, 0.29) is 6.42 Å². The van der Waals surface area contributed by atoms with Crippen molar-refractivity contribution in [3.63, 3.8) is 0 Å². The highest BCUT2D eigenvalue weighted by molar-refractivity contribution is 6.30. The van der Waals surface area contributed by atoms with Gasteiger partial charge in [-0.1, -0.05) is 12.1 Å². The van der Waals surface area contributed by atoms with Gasteiger partial charge < -0.3 is 4.74 Å². The van der Waals surface area contributed by atoms with Crippen LogP contribution < -0.4 is 0 Å². The molecule has 0 aliphatic carbocycles. The van der Waals surface area contributed by atoms with Crippen LogP contribution in [0.1, 0.15) is 11.1 Å². The Labute approximate surface area is 101 Å². The number of ether oxygens (including phenoxy) is 1. The molecule has 1 aromatic rings. The van der Waals surface area contributed by atoms with Crippen LogP contribution in [0.3, 0.4) is 0 Å². The molecule has 0 aliphatic heterocycles. The monoisotopic (exact) mass is 266 g/mol. The number of methoxy groups -OCH3 is 1. The number of rotatable bonds is 3. The molecule has 0 fully saturated rings. The fourth-order valence-electron chi connectivity index (χ4n) is 1.25. The Morgan fingerprint density at radius 2 is 1.88 bits per heavy atom. The molecule has 0 aromatic heterocycles. The van der Waals surface area contributed by atoms with Gasteiger partial charge in [0.05, 0.1) is 12.7 Å². The van der Waals surface area contributed by atoms with Gasteiger partial charge in [0.15, 0.2) is 0 Å². The Hall–Kier alpha value is -1.23. The fourth-order valence-corrected chi connectivity index (χ4v) is 1.52. The van der Waals surface area contributed by atoms with Crippen molar-refractivity contribution in [2.75, 3.05) is 7.11 Å². The highest BCUT2D eigenvalue weighted by atomic mass is 35.5. The van der Waals surface area contributed by atoms with E-state index in [1.54, 1.807) is 0 Å². The summed E-state index contributed by atoms with van der Waals surface area (Å²) in [6.45, 7) is 0. The lowest BCUT2D eigenvalue weighted by Gasteiger charge is -2.09. The molecule has 0 bridgehead atoms. The summed E-state index contributed by atoms with van der Waals surface area (Å²) in [5.41, 5.74) is -0.186. The van der Waals surface area contributed by atoms with E-state index in [4.69, 9.17) is 11.6 Å². The molecule has 17 heavy (non-hydrogen) atoms. The average Bonchev–Trinajstić information content (AvgIpc) is 2.27. The third-order valence-corrected chi connectivity index (χ3v) is 2.49. The van der Waals surface area contributed by atoms with Gasteiger partial charge in [0, 0.05) is 0 Å². The molecular weight excluding hydrogens is 257 g/mol. The highest BCUT2D eigenvalue weighted by Crippen LogP contribution is 2.29. The predicted molar refractivity (Wildman–Crippen MR) is 56.8 cm³/mol. The minimum atomic E-state index is -4.36. The Balaban J connectivity index is 2.72. The van der Waals surface area contributed by atoms with Crippen LogP contribution in [0.15, 0.2) is 24.3 Å². The van der Waals surface area contributed by atoms with Crippen LogP contribution in [0.2, 0.25) is 0 Å². The number of halogens is 4. The zero-order valence-electron chi connectivity index (χ0n) is 8.92. The second-order valence-corrected chi connectivity index (χ2v) is 3.92. The highest BCUT2D eigenvalue weighted by Gasteiger charge is 2.30. The predicted octanol–water partition coefficient (Wildman–Crippen LogP) is 3.03. The molecule has 0 N–H and O–H groups in total. The third-order valence-electron chi connectivity index (χ3n) is 2.15. The molecule has 1 aromatic carbocycles. The summed E-state index contributed by atoms with van der Waals surface area (Å²) in [4.78, 5) is 11.0. The van der Waals surface area contributed by atoms with Crippen molar-refractivity contribution < 1.29 is 22.7 Å². The Morgan fingerprint density at radius 1 is 1.35 bits per heavy atom. The van der Waals surface area contributed by atoms with Gasteiger partial charge in [-0.3, -0.25) is 4.79 Å². The van der Waals surface area contributed by atoms with E-state index >= 15 is 0 Å². The molecule has 6 heteroatoms. The summed E-state index contributed by atoms with van der Waals surface area (Å²) in [7, 11) is 1.20. The Morgan fingerprint density at radius 3 is 2.29 bits per heavy atom. The summed E-state index contributed by atoms with van der Waals surface area (Å²) in [5, 5.41) is -0.892. The maximum atomic E-state index is 12.3. The minimum absolute atomic E-state index is 0.131.